The molecule has 34 heavy (non-hydrogen) atoms. The third kappa shape index (κ3) is 6.34. The number of amides is 2. The molecule has 0 spiro atoms. The maximum atomic E-state index is 11.9. The fourth-order valence-corrected chi connectivity index (χ4v) is 2.76. The Balaban J connectivity index is 1.59. The van der Waals surface area contributed by atoms with E-state index in [1.165, 1.54) is 36.5 Å². The number of anilines is 1. The molecule has 0 aliphatic carbocycles. The van der Waals surface area contributed by atoms with E-state index >= 15 is 0 Å². The van der Waals surface area contributed by atoms with E-state index in [0.717, 1.165) is 18.2 Å². The van der Waals surface area contributed by atoms with Crippen LogP contribution in [0.2, 0.25) is 5.02 Å². The first kappa shape index (κ1) is 23.8. The molecule has 0 bridgehead atoms. The zero-order chi connectivity index (χ0) is 24.7. The van der Waals surface area contributed by atoms with Crippen LogP contribution in [0.1, 0.15) is 5.56 Å². The Morgan fingerprint density at radius 3 is 2.32 bits per heavy atom. The predicted molar refractivity (Wildman–Crippen MR) is 122 cm³/mol. The highest BCUT2D eigenvalue weighted by molar-refractivity contribution is 6.39. The number of benzene rings is 3. The van der Waals surface area contributed by atoms with Crippen molar-refractivity contribution in [1.82, 2.24) is 5.43 Å². The van der Waals surface area contributed by atoms with Crippen LogP contribution in [0, 0.1) is 20.2 Å². The fraction of sp³-hybridized carbons (Fsp3) is 0. The highest BCUT2D eigenvalue weighted by Gasteiger charge is 2.21. The number of nitrogens with zero attached hydrogens (tertiary/aromatic N) is 3. The number of ether oxygens (including phenoxy) is 1. The minimum atomic E-state index is -0.998. The quantitative estimate of drug-likeness (QED) is 0.221. The van der Waals surface area contributed by atoms with Crippen molar-refractivity contribution in [3.8, 4) is 11.5 Å². The van der Waals surface area contributed by atoms with Crippen LogP contribution in [0.25, 0.3) is 0 Å². The molecule has 2 N–H and O–H groups in total. The molecule has 3 aromatic carbocycles. The molecule has 0 radical (unpaired) electrons. The number of nitro benzene ring substituents is 2. The second kappa shape index (κ2) is 10.7. The van der Waals surface area contributed by atoms with E-state index in [0.29, 0.717) is 16.3 Å². The van der Waals surface area contributed by atoms with Crippen LogP contribution in [0.15, 0.2) is 71.8 Å². The van der Waals surface area contributed by atoms with Gasteiger partial charge in [0.25, 0.3) is 5.69 Å². The van der Waals surface area contributed by atoms with Crippen LogP contribution in [0.4, 0.5) is 17.1 Å². The van der Waals surface area contributed by atoms with Crippen LogP contribution < -0.4 is 15.5 Å². The average molecular weight is 484 g/mol. The number of halogens is 1. The summed E-state index contributed by atoms with van der Waals surface area (Å²) in [6.07, 6.45) is 1.27. The van der Waals surface area contributed by atoms with Gasteiger partial charge in [0.1, 0.15) is 5.75 Å². The molecule has 0 unspecified atom stereocenters. The first-order chi connectivity index (χ1) is 16.2. The van der Waals surface area contributed by atoms with E-state index in [4.69, 9.17) is 16.3 Å². The van der Waals surface area contributed by atoms with Crippen molar-refractivity contribution >= 4 is 46.7 Å². The molecule has 2 amide bonds. The summed E-state index contributed by atoms with van der Waals surface area (Å²) >= 11 is 5.82. The number of non-ortho nitro benzene ring substituents is 1. The Hall–Kier alpha value is -4.84. The Bertz CT molecular complexity index is 1290. The lowest BCUT2D eigenvalue weighted by atomic mass is 10.2. The summed E-state index contributed by atoms with van der Waals surface area (Å²) in [7, 11) is 0. The molecule has 0 aromatic heterocycles. The van der Waals surface area contributed by atoms with Gasteiger partial charge >= 0.3 is 17.5 Å². The first-order valence-corrected chi connectivity index (χ1v) is 9.71. The van der Waals surface area contributed by atoms with Crippen molar-refractivity contribution in [3.63, 3.8) is 0 Å². The normalized spacial score (nSPS) is 10.5. The van der Waals surface area contributed by atoms with Gasteiger partial charge in [-0.05, 0) is 54.1 Å². The summed E-state index contributed by atoms with van der Waals surface area (Å²) < 4.78 is 5.46. The number of hydrogen-bond donors (Lipinski definition) is 2. The lowest BCUT2D eigenvalue weighted by molar-refractivity contribution is -0.394. The molecule has 0 saturated heterocycles. The molecule has 12 nitrogen and oxygen atoms in total. The molecule has 0 heterocycles. The number of hydrogen-bond acceptors (Lipinski definition) is 8. The predicted octanol–water partition coefficient (Wildman–Crippen LogP) is 4.04. The fourth-order valence-electron chi connectivity index (χ4n) is 2.57. The summed E-state index contributed by atoms with van der Waals surface area (Å²) in [6.45, 7) is 0. The minimum Gasteiger partial charge on any atom is -0.450 e. The van der Waals surface area contributed by atoms with E-state index in [2.05, 4.69) is 15.8 Å². The Kier molecular flexibility index (Phi) is 7.46. The highest BCUT2D eigenvalue weighted by Crippen LogP contribution is 2.34. The summed E-state index contributed by atoms with van der Waals surface area (Å²) in [5.41, 5.74) is 1.95. The lowest BCUT2D eigenvalue weighted by Crippen LogP contribution is -2.32. The number of carbonyl (C=O) groups excluding carboxylic acids is 2. The molecular weight excluding hydrogens is 470 g/mol. The summed E-state index contributed by atoms with van der Waals surface area (Å²) in [6, 6.07) is 15.3. The van der Waals surface area contributed by atoms with Crippen molar-refractivity contribution in [2.45, 2.75) is 0 Å². The maximum absolute atomic E-state index is 11.9. The van der Waals surface area contributed by atoms with Crippen molar-refractivity contribution in [1.29, 1.82) is 0 Å². The van der Waals surface area contributed by atoms with Gasteiger partial charge in [0.05, 0.1) is 22.1 Å². The van der Waals surface area contributed by atoms with Crippen LogP contribution in [0.5, 0.6) is 11.5 Å². The molecule has 0 aliphatic heterocycles. The van der Waals surface area contributed by atoms with E-state index in [1.807, 2.05) is 0 Å². The molecule has 172 valence electrons. The summed E-state index contributed by atoms with van der Waals surface area (Å²) in [5.74, 6) is -1.89. The third-order valence-corrected chi connectivity index (χ3v) is 4.36. The number of nitrogens with one attached hydrogen (secondary N) is 2. The van der Waals surface area contributed by atoms with Crippen LogP contribution in [-0.2, 0) is 9.59 Å². The van der Waals surface area contributed by atoms with Crippen LogP contribution in [-0.4, -0.2) is 27.9 Å². The van der Waals surface area contributed by atoms with Gasteiger partial charge in [-0.15, -0.1) is 0 Å². The van der Waals surface area contributed by atoms with Crippen molar-refractivity contribution in [2.24, 2.45) is 5.10 Å². The van der Waals surface area contributed by atoms with E-state index in [-0.39, 0.29) is 11.5 Å². The highest BCUT2D eigenvalue weighted by atomic mass is 35.5. The standard InChI is InChI=1S/C21H14ClN5O7/c22-14-2-1-3-15(10-14)24-20(28)21(29)25-23-12-13-4-7-17(8-5-13)34-19-9-6-16(26(30)31)11-18(19)27(32)33/h1-12H,(H,24,28)(H,25,29)/b23-12+. The van der Waals surface area contributed by atoms with Crippen molar-refractivity contribution in [3.05, 3.63) is 97.5 Å². The smallest absolute Gasteiger partial charge is 0.329 e. The van der Waals surface area contributed by atoms with Gasteiger partial charge in [0, 0.05) is 16.8 Å². The summed E-state index contributed by atoms with van der Waals surface area (Å²) in [5, 5.41) is 28.5. The molecule has 0 saturated carbocycles. The topological polar surface area (TPSA) is 166 Å². The summed E-state index contributed by atoms with van der Waals surface area (Å²) in [4.78, 5) is 44.2. The van der Waals surface area contributed by atoms with Crippen molar-refractivity contribution < 1.29 is 24.2 Å². The van der Waals surface area contributed by atoms with Crippen LogP contribution in [0.3, 0.4) is 0 Å². The Morgan fingerprint density at radius 2 is 1.68 bits per heavy atom. The van der Waals surface area contributed by atoms with E-state index in [9.17, 15) is 29.8 Å². The zero-order valence-corrected chi connectivity index (χ0v) is 17.8. The van der Waals surface area contributed by atoms with Crippen molar-refractivity contribution in [2.75, 3.05) is 5.32 Å². The first-order valence-electron chi connectivity index (χ1n) is 9.33. The number of rotatable bonds is 7. The number of nitro groups is 2. The maximum Gasteiger partial charge on any atom is 0.329 e. The number of hydrazone groups is 1. The second-order valence-electron chi connectivity index (χ2n) is 6.50. The lowest BCUT2D eigenvalue weighted by Gasteiger charge is -2.06. The minimum absolute atomic E-state index is 0.171. The van der Waals surface area contributed by atoms with Gasteiger partial charge in [-0.3, -0.25) is 29.8 Å². The molecule has 13 heteroatoms. The Labute approximate surface area is 196 Å². The zero-order valence-electron chi connectivity index (χ0n) is 17.0. The van der Waals surface area contributed by atoms with Gasteiger partial charge in [-0.2, -0.15) is 5.10 Å². The molecular formula is C21H14ClN5O7. The molecule has 0 fully saturated rings. The van der Waals surface area contributed by atoms with Gasteiger partial charge in [-0.1, -0.05) is 17.7 Å². The molecule has 3 rings (SSSR count). The third-order valence-electron chi connectivity index (χ3n) is 4.13. The monoisotopic (exact) mass is 483 g/mol. The largest absolute Gasteiger partial charge is 0.450 e. The van der Waals surface area contributed by atoms with Gasteiger partial charge in [0.2, 0.25) is 5.75 Å². The van der Waals surface area contributed by atoms with Gasteiger partial charge in [0.15, 0.2) is 0 Å². The SMILES string of the molecule is O=C(N/N=C/c1ccc(Oc2ccc([N+](=O)[O-])cc2[N+](=O)[O-])cc1)C(=O)Nc1cccc(Cl)c1. The van der Waals surface area contributed by atoms with Gasteiger partial charge < -0.3 is 10.1 Å². The molecule has 3 aromatic rings. The van der Waals surface area contributed by atoms with Gasteiger partial charge in [-0.25, -0.2) is 5.43 Å². The van der Waals surface area contributed by atoms with Crippen LogP contribution >= 0.6 is 11.6 Å². The van der Waals surface area contributed by atoms with E-state index < -0.39 is 33.0 Å². The number of carbonyl (C=O) groups is 2. The van der Waals surface area contributed by atoms with E-state index in [1.54, 1.807) is 18.2 Å². The second-order valence-corrected chi connectivity index (χ2v) is 6.94. The molecule has 0 atom stereocenters. The Morgan fingerprint density at radius 1 is 0.941 bits per heavy atom. The molecule has 0 aliphatic rings. The average Bonchev–Trinajstić information content (AvgIpc) is 2.80.